The molecule has 0 spiro atoms. The van der Waals surface area contributed by atoms with Gasteiger partial charge in [-0.2, -0.15) is 0 Å². The van der Waals surface area contributed by atoms with Crippen molar-refractivity contribution in [3.63, 3.8) is 0 Å². The van der Waals surface area contributed by atoms with Crippen LogP contribution in [0.1, 0.15) is 20.7 Å². The first-order chi connectivity index (χ1) is 9.29. The highest BCUT2D eigenvalue weighted by Crippen LogP contribution is 2.24. The van der Waals surface area contributed by atoms with Gasteiger partial charge in [0, 0.05) is 19.3 Å². The van der Waals surface area contributed by atoms with Gasteiger partial charge in [-0.05, 0) is 18.2 Å². The van der Waals surface area contributed by atoms with Crippen LogP contribution in [0.3, 0.4) is 0 Å². The van der Waals surface area contributed by atoms with E-state index < -0.39 is 24.8 Å². The van der Waals surface area contributed by atoms with Crippen LogP contribution in [0.2, 0.25) is 0 Å². The second kappa shape index (κ2) is 5.12. The Balaban J connectivity index is 1.99. The predicted octanol–water partition coefficient (Wildman–Crippen LogP) is 1.86. The van der Waals surface area contributed by atoms with Crippen LogP contribution in [0.4, 0.5) is 18.9 Å². The van der Waals surface area contributed by atoms with Crippen LogP contribution in [-0.2, 0) is 4.74 Å². The van der Waals surface area contributed by atoms with Gasteiger partial charge in [0.15, 0.2) is 0 Å². The maximum atomic E-state index is 11.8. The van der Waals surface area contributed by atoms with E-state index in [2.05, 4.69) is 10.1 Å². The maximum absolute atomic E-state index is 11.8. The van der Waals surface area contributed by atoms with Crippen molar-refractivity contribution in [2.75, 3.05) is 25.5 Å². The predicted molar refractivity (Wildman–Crippen MR) is 63.4 cm³/mol. The SMILES string of the molecule is CN1C(=O)c2ccc(NCCOC(F)(F)F)cc2C1=O. The zero-order valence-corrected chi connectivity index (χ0v) is 10.5. The van der Waals surface area contributed by atoms with Gasteiger partial charge < -0.3 is 5.32 Å². The minimum Gasteiger partial charge on any atom is -0.383 e. The van der Waals surface area contributed by atoms with Gasteiger partial charge in [-0.1, -0.05) is 0 Å². The molecule has 1 N–H and O–H groups in total. The van der Waals surface area contributed by atoms with E-state index in [0.717, 1.165) is 4.90 Å². The van der Waals surface area contributed by atoms with Gasteiger partial charge in [0.1, 0.15) is 0 Å². The minimum absolute atomic E-state index is 0.0731. The molecular formula is C12H11F3N2O3. The van der Waals surface area contributed by atoms with E-state index in [-0.39, 0.29) is 17.7 Å². The van der Waals surface area contributed by atoms with E-state index >= 15 is 0 Å². The van der Waals surface area contributed by atoms with Crippen molar-refractivity contribution in [1.82, 2.24) is 4.90 Å². The Morgan fingerprint density at radius 2 is 1.85 bits per heavy atom. The number of hydrogen-bond donors (Lipinski definition) is 1. The van der Waals surface area contributed by atoms with Crippen molar-refractivity contribution >= 4 is 17.5 Å². The van der Waals surface area contributed by atoms with Crippen LogP contribution in [0.25, 0.3) is 0 Å². The van der Waals surface area contributed by atoms with Gasteiger partial charge in [0.05, 0.1) is 17.7 Å². The lowest BCUT2D eigenvalue weighted by atomic mass is 10.1. The number of carbonyl (C=O) groups is 2. The molecule has 0 unspecified atom stereocenters. The van der Waals surface area contributed by atoms with E-state index in [4.69, 9.17) is 0 Å². The summed E-state index contributed by atoms with van der Waals surface area (Å²) < 4.78 is 38.9. The summed E-state index contributed by atoms with van der Waals surface area (Å²) in [5.74, 6) is -0.822. The third-order valence-corrected chi connectivity index (χ3v) is 2.79. The molecule has 0 saturated carbocycles. The molecule has 0 aromatic heterocycles. The van der Waals surface area contributed by atoms with Crippen LogP contribution >= 0.6 is 0 Å². The number of halogens is 3. The molecule has 0 saturated heterocycles. The Labute approximate surface area is 112 Å². The van der Waals surface area contributed by atoms with E-state index in [9.17, 15) is 22.8 Å². The summed E-state index contributed by atoms with van der Waals surface area (Å²) >= 11 is 0. The number of imide groups is 1. The smallest absolute Gasteiger partial charge is 0.383 e. The number of alkyl halides is 3. The molecule has 2 rings (SSSR count). The topological polar surface area (TPSA) is 58.6 Å². The summed E-state index contributed by atoms with van der Waals surface area (Å²) in [6, 6.07) is 4.43. The number of hydrogen-bond acceptors (Lipinski definition) is 4. The number of amides is 2. The lowest BCUT2D eigenvalue weighted by Gasteiger charge is -2.09. The third-order valence-electron chi connectivity index (χ3n) is 2.79. The standard InChI is InChI=1S/C12H11F3N2O3/c1-17-10(18)8-3-2-7(6-9(8)11(17)19)16-4-5-20-12(13,14)15/h2-3,6,16H,4-5H2,1H3. The Morgan fingerprint density at radius 3 is 2.50 bits per heavy atom. The monoisotopic (exact) mass is 288 g/mol. The number of nitrogens with zero attached hydrogens (tertiary/aromatic N) is 1. The quantitative estimate of drug-likeness (QED) is 0.678. The Hall–Kier alpha value is -2.09. The fraction of sp³-hybridized carbons (Fsp3) is 0.333. The molecule has 0 bridgehead atoms. The largest absolute Gasteiger partial charge is 0.522 e. The van der Waals surface area contributed by atoms with E-state index in [1.807, 2.05) is 0 Å². The number of carbonyl (C=O) groups excluding carboxylic acids is 2. The molecule has 1 aliphatic heterocycles. The normalized spacial score (nSPS) is 14.7. The van der Waals surface area contributed by atoms with Crippen molar-refractivity contribution in [2.45, 2.75) is 6.36 Å². The molecule has 0 aliphatic carbocycles. The highest BCUT2D eigenvalue weighted by atomic mass is 19.4. The molecule has 0 fully saturated rings. The second-order valence-corrected chi connectivity index (χ2v) is 4.15. The minimum atomic E-state index is -4.66. The third kappa shape index (κ3) is 2.90. The molecule has 108 valence electrons. The van der Waals surface area contributed by atoms with Crippen LogP contribution < -0.4 is 5.32 Å². The average molecular weight is 288 g/mol. The molecule has 0 radical (unpaired) electrons. The maximum Gasteiger partial charge on any atom is 0.522 e. The summed E-state index contributed by atoms with van der Waals surface area (Å²) in [5, 5.41) is 2.69. The highest BCUT2D eigenvalue weighted by Gasteiger charge is 2.32. The summed E-state index contributed by atoms with van der Waals surface area (Å²) in [6.45, 7) is -0.621. The first kappa shape index (κ1) is 14.3. The van der Waals surface area contributed by atoms with Gasteiger partial charge >= 0.3 is 6.36 Å². The number of rotatable bonds is 4. The Bertz CT molecular complexity index is 557. The van der Waals surface area contributed by atoms with Crippen LogP contribution in [0.5, 0.6) is 0 Å². The fourth-order valence-corrected chi connectivity index (χ4v) is 1.83. The van der Waals surface area contributed by atoms with Crippen LogP contribution in [-0.4, -0.2) is 43.3 Å². The van der Waals surface area contributed by atoms with Crippen molar-refractivity contribution in [1.29, 1.82) is 0 Å². The number of nitrogens with one attached hydrogen (secondary N) is 1. The van der Waals surface area contributed by atoms with Gasteiger partial charge in [-0.15, -0.1) is 13.2 Å². The van der Waals surface area contributed by atoms with Crippen molar-refractivity contribution in [3.8, 4) is 0 Å². The zero-order chi connectivity index (χ0) is 14.9. The number of benzene rings is 1. The zero-order valence-electron chi connectivity index (χ0n) is 10.5. The molecule has 1 aromatic carbocycles. The summed E-state index contributed by atoms with van der Waals surface area (Å²) in [6.07, 6.45) is -4.66. The molecule has 0 atom stereocenters. The molecule has 20 heavy (non-hydrogen) atoms. The summed E-state index contributed by atoms with van der Waals surface area (Å²) in [4.78, 5) is 24.3. The lowest BCUT2D eigenvalue weighted by molar-refractivity contribution is -0.322. The van der Waals surface area contributed by atoms with Crippen molar-refractivity contribution < 1.29 is 27.5 Å². The van der Waals surface area contributed by atoms with Gasteiger partial charge in [-0.25, -0.2) is 0 Å². The molecule has 1 aliphatic rings. The molecule has 2 amide bonds. The van der Waals surface area contributed by atoms with Crippen LogP contribution in [0.15, 0.2) is 18.2 Å². The average Bonchev–Trinajstić information content (AvgIpc) is 2.59. The lowest BCUT2D eigenvalue weighted by Crippen LogP contribution is -2.24. The Kier molecular flexibility index (Phi) is 3.67. The van der Waals surface area contributed by atoms with E-state index in [1.165, 1.54) is 25.2 Å². The number of anilines is 1. The first-order valence-electron chi connectivity index (χ1n) is 5.70. The van der Waals surface area contributed by atoms with Gasteiger partial charge in [0.2, 0.25) is 0 Å². The summed E-state index contributed by atoms with van der Waals surface area (Å²) in [7, 11) is 1.37. The van der Waals surface area contributed by atoms with E-state index in [0.29, 0.717) is 5.69 Å². The molecule has 5 nitrogen and oxygen atoms in total. The van der Waals surface area contributed by atoms with Gasteiger partial charge in [-0.3, -0.25) is 19.2 Å². The summed E-state index contributed by atoms with van der Waals surface area (Å²) in [5.41, 5.74) is 0.972. The fourth-order valence-electron chi connectivity index (χ4n) is 1.83. The molecule has 8 heteroatoms. The molecule has 1 aromatic rings. The van der Waals surface area contributed by atoms with Crippen LogP contribution in [0, 0.1) is 0 Å². The van der Waals surface area contributed by atoms with Crippen molar-refractivity contribution in [3.05, 3.63) is 29.3 Å². The molecular weight excluding hydrogens is 277 g/mol. The Morgan fingerprint density at radius 1 is 1.20 bits per heavy atom. The van der Waals surface area contributed by atoms with Crippen molar-refractivity contribution in [2.24, 2.45) is 0 Å². The number of fused-ring (bicyclic) bond motifs is 1. The first-order valence-corrected chi connectivity index (χ1v) is 5.70. The second-order valence-electron chi connectivity index (χ2n) is 4.15. The molecule has 1 heterocycles. The highest BCUT2D eigenvalue weighted by molar-refractivity contribution is 6.21. The van der Waals surface area contributed by atoms with Gasteiger partial charge in [0.25, 0.3) is 11.8 Å². The number of ether oxygens (including phenoxy) is 1. The van der Waals surface area contributed by atoms with E-state index in [1.54, 1.807) is 0 Å².